The van der Waals surface area contributed by atoms with E-state index in [0.29, 0.717) is 12.2 Å². The Morgan fingerprint density at radius 3 is 2.68 bits per heavy atom. The lowest BCUT2D eigenvalue weighted by molar-refractivity contribution is -0.117. The largest absolute Gasteiger partial charge is 0.508 e. The third-order valence-electron chi connectivity index (χ3n) is 5.48. The lowest BCUT2D eigenvalue weighted by Crippen LogP contribution is -2.24. The summed E-state index contributed by atoms with van der Waals surface area (Å²) in [5, 5.41) is 13.7. The predicted octanol–water partition coefficient (Wildman–Crippen LogP) is 3.86. The summed E-state index contributed by atoms with van der Waals surface area (Å²) in [6, 6.07) is 14.6. The number of carbonyl (C=O) groups excluding carboxylic acids is 1. The fourth-order valence-electron chi connectivity index (χ4n) is 4.07. The van der Waals surface area contributed by atoms with Gasteiger partial charge in [-0.15, -0.1) is 0 Å². The van der Waals surface area contributed by atoms with Gasteiger partial charge in [0, 0.05) is 30.7 Å². The lowest BCUT2D eigenvalue weighted by atomic mass is 10.0. The lowest BCUT2D eigenvalue weighted by Gasteiger charge is -2.22. The van der Waals surface area contributed by atoms with E-state index in [4.69, 9.17) is 0 Å². The molecule has 4 nitrogen and oxygen atoms in total. The van der Waals surface area contributed by atoms with Crippen molar-refractivity contribution in [2.45, 2.75) is 44.7 Å². The van der Waals surface area contributed by atoms with Crippen LogP contribution in [0, 0.1) is 0 Å². The third kappa shape index (κ3) is 3.02. The number of nitrogens with zero attached hydrogens (tertiary/aromatic N) is 1. The van der Waals surface area contributed by atoms with Crippen molar-refractivity contribution in [1.82, 2.24) is 5.32 Å². The molecule has 0 bridgehead atoms. The van der Waals surface area contributed by atoms with E-state index in [1.165, 1.54) is 11.1 Å². The third-order valence-corrected chi connectivity index (χ3v) is 5.48. The average molecular weight is 336 g/mol. The summed E-state index contributed by atoms with van der Waals surface area (Å²) < 4.78 is 0. The zero-order valence-corrected chi connectivity index (χ0v) is 14.5. The fourth-order valence-corrected chi connectivity index (χ4v) is 4.07. The second-order valence-corrected chi connectivity index (χ2v) is 7.06. The van der Waals surface area contributed by atoms with Gasteiger partial charge in [0.05, 0.1) is 0 Å². The normalized spacial score (nSPS) is 20.8. The molecule has 0 aromatic heterocycles. The van der Waals surface area contributed by atoms with Crippen LogP contribution in [0.2, 0.25) is 0 Å². The highest BCUT2D eigenvalue weighted by Crippen LogP contribution is 2.37. The molecule has 4 rings (SSSR count). The molecule has 4 heteroatoms. The highest BCUT2D eigenvalue weighted by molar-refractivity contribution is 5.95. The van der Waals surface area contributed by atoms with E-state index in [2.05, 4.69) is 30.4 Å². The van der Waals surface area contributed by atoms with Crippen molar-refractivity contribution < 1.29 is 9.90 Å². The highest BCUT2D eigenvalue weighted by atomic mass is 16.3. The van der Waals surface area contributed by atoms with E-state index in [9.17, 15) is 9.90 Å². The van der Waals surface area contributed by atoms with Gasteiger partial charge >= 0.3 is 0 Å². The number of aromatic hydroxyl groups is 1. The number of phenols is 1. The molecule has 2 atom stereocenters. The predicted molar refractivity (Wildman–Crippen MR) is 98.7 cm³/mol. The molecular formula is C21H24N2O2. The summed E-state index contributed by atoms with van der Waals surface area (Å²) in [4.78, 5) is 13.7. The summed E-state index contributed by atoms with van der Waals surface area (Å²) in [5.41, 5.74) is 4.50. The molecule has 25 heavy (non-hydrogen) atoms. The molecule has 1 aliphatic heterocycles. The maximum Gasteiger partial charge on any atom is 0.227 e. The van der Waals surface area contributed by atoms with E-state index < -0.39 is 0 Å². The number of hydrogen-bond acceptors (Lipinski definition) is 3. The quantitative estimate of drug-likeness (QED) is 0.891. The van der Waals surface area contributed by atoms with Crippen molar-refractivity contribution in [3.05, 3.63) is 59.2 Å². The summed E-state index contributed by atoms with van der Waals surface area (Å²) >= 11 is 0. The van der Waals surface area contributed by atoms with Gasteiger partial charge in [-0.25, -0.2) is 0 Å². The minimum atomic E-state index is 0.210. The standard InChI is InChI=1S/C21H24N2O2/c1-14(22-19-12-11-18-17(19)4-2-5-20(18)24)15-7-9-16(10-8-15)23-13-3-6-21(23)25/h2,4-5,7-10,14,19,22,24H,3,6,11-13H2,1H3/t14-,19-/m1/s1. The Kier molecular flexibility index (Phi) is 4.22. The first-order valence-corrected chi connectivity index (χ1v) is 9.10. The van der Waals surface area contributed by atoms with E-state index in [0.717, 1.165) is 37.1 Å². The molecule has 1 fully saturated rings. The first kappa shape index (κ1) is 16.2. The summed E-state index contributed by atoms with van der Waals surface area (Å²) in [7, 11) is 0. The minimum Gasteiger partial charge on any atom is -0.508 e. The van der Waals surface area contributed by atoms with Gasteiger partial charge in [0.1, 0.15) is 5.75 Å². The molecule has 1 aliphatic carbocycles. The molecule has 1 amide bonds. The number of hydrogen-bond donors (Lipinski definition) is 2. The molecule has 0 radical (unpaired) electrons. The highest BCUT2D eigenvalue weighted by Gasteiger charge is 2.26. The van der Waals surface area contributed by atoms with Gasteiger partial charge in [0.25, 0.3) is 0 Å². The molecule has 2 aromatic rings. The molecule has 0 unspecified atom stereocenters. The number of carbonyl (C=O) groups is 1. The van der Waals surface area contributed by atoms with Crippen LogP contribution in [0.25, 0.3) is 0 Å². The van der Waals surface area contributed by atoms with Crippen LogP contribution in [0.3, 0.4) is 0 Å². The van der Waals surface area contributed by atoms with Gasteiger partial charge in [-0.05, 0) is 61.1 Å². The number of benzene rings is 2. The topological polar surface area (TPSA) is 52.6 Å². The molecule has 130 valence electrons. The number of anilines is 1. The van der Waals surface area contributed by atoms with Crippen LogP contribution < -0.4 is 10.2 Å². The fraction of sp³-hybridized carbons (Fsp3) is 0.381. The van der Waals surface area contributed by atoms with Crippen LogP contribution in [0.15, 0.2) is 42.5 Å². The number of fused-ring (bicyclic) bond motifs is 1. The SMILES string of the molecule is C[C@@H](N[C@@H]1CCc2c(O)cccc21)c1ccc(N2CCCC2=O)cc1. The van der Waals surface area contributed by atoms with Gasteiger partial charge in [-0.3, -0.25) is 4.79 Å². The van der Waals surface area contributed by atoms with Crippen LogP contribution in [0.4, 0.5) is 5.69 Å². The van der Waals surface area contributed by atoms with Gasteiger partial charge in [0.15, 0.2) is 0 Å². The molecule has 2 N–H and O–H groups in total. The smallest absolute Gasteiger partial charge is 0.227 e. The number of phenolic OH excluding ortho intramolecular Hbond substituents is 1. The van der Waals surface area contributed by atoms with Gasteiger partial charge in [-0.2, -0.15) is 0 Å². The Labute approximate surface area is 148 Å². The van der Waals surface area contributed by atoms with Crippen molar-refractivity contribution in [1.29, 1.82) is 0 Å². The Bertz CT molecular complexity index is 785. The van der Waals surface area contributed by atoms with Crippen molar-refractivity contribution >= 4 is 11.6 Å². The summed E-state index contributed by atoms with van der Waals surface area (Å²) in [6.45, 7) is 2.99. The Balaban J connectivity index is 1.46. The van der Waals surface area contributed by atoms with Crippen molar-refractivity contribution in [2.24, 2.45) is 0 Å². The van der Waals surface area contributed by atoms with E-state index in [1.54, 1.807) is 6.07 Å². The monoisotopic (exact) mass is 336 g/mol. The Morgan fingerprint density at radius 1 is 1.16 bits per heavy atom. The minimum absolute atomic E-state index is 0.210. The van der Waals surface area contributed by atoms with E-state index >= 15 is 0 Å². The Morgan fingerprint density at radius 2 is 1.96 bits per heavy atom. The second kappa shape index (κ2) is 6.52. The number of amides is 1. The molecule has 0 spiro atoms. The van der Waals surface area contributed by atoms with Gasteiger partial charge in [-0.1, -0.05) is 24.3 Å². The average Bonchev–Trinajstić information content (AvgIpc) is 3.22. The maximum absolute atomic E-state index is 11.9. The van der Waals surface area contributed by atoms with Crippen molar-refractivity contribution in [3.8, 4) is 5.75 Å². The van der Waals surface area contributed by atoms with Crippen molar-refractivity contribution in [3.63, 3.8) is 0 Å². The van der Waals surface area contributed by atoms with Crippen LogP contribution in [-0.4, -0.2) is 17.6 Å². The molecule has 0 saturated carbocycles. The number of rotatable bonds is 4. The number of nitrogens with one attached hydrogen (secondary N) is 1. The van der Waals surface area contributed by atoms with Crippen LogP contribution in [0.1, 0.15) is 55.0 Å². The van der Waals surface area contributed by atoms with Crippen LogP contribution >= 0.6 is 0 Å². The molecule has 1 saturated heterocycles. The van der Waals surface area contributed by atoms with E-state index in [1.807, 2.05) is 23.1 Å². The first-order valence-electron chi connectivity index (χ1n) is 9.10. The molecular weight excluding hydrogens is 312 g/mol. The molecule has 1 heterocycles. The second-order valence-electron chi connectivity index (χ2n) is 7.06. The zero-order chi connectivity index (χ0) is 17.4. The molecule has 2 aliphatic rings. The first-order chi connectivity index (χ1) is 12.1. The van der Waals surface area contributed by atoms with Gasteiger partial charge < -0.3 is 15.3 Å². The molecule has 2 aromatic carbocycles. The van der Waals surface area contributed by atoms with Crippen molar-refractivity contribution in [2.75, 3.05) is 11.4 Å². The summed E-state index contributed by atoms with van der Waals surface area (Å²) in [5.74, 6) is 0.635. The van der Waals surface area contributed by atoms with Crippen LogP contribution in [0.5, 0.6) is 5.75 Å². The van der Waals surface area contributed by atoms with Crippen LogP contribution in [-0.2, 0) is 11.2 Å². The maximum atomic E-state index is 11.9. The summed E-state index contributed by atoms with van der Waals surface area (Å²) in [6.07, 6.45) is 3.54. The Hall–Kier alpha value is -2.33. The van der Waals surface area contributed by atoms with E-state index in [-0.39, 0.29) is 18.0 Å². The van der Waals surface area contributed by atoms with Gasteiger partial charge in [0.2, 0.25) is 5.91 Å². The zero-order valence-electron chi connectivity index (χ0n) is 14.5.